The molecule has 5 nitrogen and oxygen atoms in total. The van der Waals surface area contributed by atoms with Crippen molar-refractivity contribution < 1.29 is 24.2 Å². The van der Waals surface area contributed by atoms with Gasteiger partial charge in [0.25, 0.3) is 0 Å². The second-order valence-electron chi connectivity index (χ2n) is 1.83. The van der Waals surface area contributed by atoms with E-state index in [-0.39, 0.29) is 13.2 Å². The molecule has 1 saturated heterocycles. The van der Waals surface area contributed by atoms with Gasteiger partial charge in [-0.3, -0.25) is 4.79 Å². The van der Waals surface area contributed by atoms with Crippen LogP contribution in [0.4, 0.5) is 0 Å². The van der Waals surface area contributed by atoms with Crippen LogP contribution < -0.4 is 0 Å². The van der Waals surface area contributed by atoms with Crippen LogP contribution in [0.25, 0.3) is 0 Å². The lowest BCUT2D eigenvalue weighted by Gasteiger charge is -1.97. The summed E-state index contributed by atoms with van der Waals surface area (Å²) in [4.78, 5) is 20.5. The van der Waals surface area contributed by atoms with E-state index in [1.165, 1.54) is 0 Å². The minimum Gasteiger partial charge on any atom is -0.481 e. The molecule has 0 saturated carbocycles. The summed E-state index contributed by atoms with van der Waals surface area (Å²) in [6, 6.07) is 0. The fraction of sp³-hybridized carbons (Fsp3) is 0.600. The number of hydrogen-bond acceptors (Lipinski definition) is 4. The molecule has 1 aliphatic heterocycles. The maximum absolute atomic E-state index is 10.5. The Bertz CT molecular complexity index is 163. The Hall–Kier alpha value is -1.10. The second-order valence-corrected chi connectivity index (χ2v) is 1.83. The van der Waals surface area contributed by atoms with Crippen molar-refractivity contribution >= 4 is 11.9 Å². The number of carbonyl (C=O) groups is 2. The van der Waals surface area contributed by atoms with Gasteiger partial charge in [0.2, 0.25) is 0 Å². The molecule has 0 aromatic carbocycles. The number of carboxylic acids is 1. The van der Waals surface area contributed by atoms with Gasteiger partial charge in [-0.15, -0.1) is 0 Å². The average Bonchev–Trinajstić information content (AvgIpc) is 2.15. The third-order valence-electron chi connectivity index (χ3n) is 1.09. The molecule has 0 aromatic rings. The molecule has 0 bridgehead atoms. The number of ether oxygens (including phenoxy) is 2. The van der Waals surface area contributed by atoms with Crippen molar-refractivity contribution in [3.8, 4) is 0 Å². The van der Waals surface area contributed by atoms with Gasteiger partial charge >= 0.3 is 11.9 Å². The third-order valence-corrected chi connectivity index (χ3v) is 1.09. The molecule has 0 radical (unpaired) electrons. The maximum Gasteiger partial charge on any atom is 0.338 e. The molecule has 1 atom stereocenters. The van der Waals surface area contributed by atoms with Gasteiger partial charge < -0.3 is 14.6 Å². The van der Waals surface area contributed by atoms with Crippen LogP contribution in [0.2, 0.25) is 0 Å². The second kappa shape index (κ2) is 2.66. The summed E-state index contributed by atoms with van der Waals surface area (Å²) in [5, 5.41) is 8.20. The van der Waals surface area contributed by atoms with Gasteiger partial charge in [-0.25, -0.2) is 4.79 Å². The number of cyclic esters (lactones) is 1. The van der Waals surface area contributed by atoms with E-state index in [0.717, 1.165) is 0 Å². The highest BCUT2D eigenvalue weighted by Crippen LogP contribution is 2.08. The number of esters is 1. The molecular formula is C5H6O5. The Kier molecular flexibility index (Phi) is 1.86. The lowest BCUT2D eigenvalue weighted by Crippen LogP contribution is -2.19. The summed E-state index contributed by atoms with van der Waals surface area (Å²) in [7, 11) is 0. The fourth-order valence-electron chi connectivity index (χ4n) is 0.636. The molecule has 56 valence electrons. The fourth-order valence-corrected chi connectivity index (χ4v) is 0.636. The molecule has 0 unspecified atom stereocenters. The summed E-state index contributed by atoms with van der Waals surface area (Å²) in [6.45, 7) is -0.128. The van der Waals surface area contributed by atoms with Crippen molar-refractivity contribution in [3.63, 3.8) is 0 Å². The van der Waals surface area contributed by atoms with Gasteiger partial charge in [0.05, 0.1) is 6.42 Å². The summed E-state index contributed by atoms with van der Waals surface area (Å²) in [5.74, 6) is -1.66. The normalized spacial score (nSPS) is 24.4. The van der Waals surface area contributed by atoms with E-state index in [9.17, 15) is 9.59 Å². The molecule has 1 N–H and O–H groups in total. The average molecular weight is 146 g/mol. The zero-order valence-electron chi connectivity index (χ0n) is 5.07. The molecule has 1 heterocycles. The Morgan fingerprint density at radius 3 is 2.90 bits per heavy atom. The SMILES string of the molecule is O=C(O)C[C@H]1OCOC1=O. The first kappa shape index (κ1) is 7.01. The molecular weight excluding hydrogens is 140 g/mol. The van der Waals surface area contributed by atoms with E-state index in [0.29, 0.717) is 0 Å². The molecule has 0 spiro atoms. The van der Waals surface area contributed by atoms with E-state index in [1.807, 2.05) is 0 Å². The van der Waals surface area contributed by atoms with E-state index >= 15 is 0 Å². The zero-order chi connectivity index (χ0) is 7.56. The van der Waals surface area contributed by atoms with Crippen LogP contribution in [-0.4, -0.2) is 29.9 Å². The van der Waals surface area contributed by atoms with Crippen LogP contribution in [0.1, 0.15) is 6.42 Å². The predicted molar refractivity (Wildman–Crippen MR) is 28.1 cm³/mol. The van der Waals surface area contributed by atoms with Gasteiger partial charge in [0, 0.05) is 0 Å². The van der Waals surface area contributed by atoms with E-state index in [1.54, 1.807) is 0 Å². The molecule has 0 aromatic heterocycles. The Balaban J connectivity index is 2.40. The zero-order valence-corrected chi connectivity index (χ0v) is 5.07. The molecule has 1 aliphatic rings. The van der Waals surface area contributed by atoms with Crippen molar-refractivity contribution in [1.82, 2.24) is 0 Å². The first-order valence-corrected chi connectivity index (χ1v) is 2.70. The molecule has 10 heavy (non-hydrogen) atoms. The summed E-state index contributed by atoms with van der Waals surface area (Å²) in [6.07, 6.45) is -1.23. The largest absolute Gasteiger partial charge is 0.481 e. The Morgan fingerprint density at radius 1 is 1.80 bits per heavy atom. The van der Waals surface area contributed by atoms with Crippen molar-refractivity contribution in [2.75, 3.05) is 6.79 Å². The standard InChI is InChI=1S/C5H6O5/c6-4(7)1-3-5(8)10-2-9-3/h3H,1-2H2,(H,6,7)/t3-/m1/s1. The van der Waals surface area contributed by atoms with E-state index in [2.05, 4.69) is 9.47 Å². The maximum atomic E-state index is 10.5. The highest BCUT2D eigenvalue weighted by molar-refractivity contribution is 5.81. The van der Waals surface area contributed by atoms with Crippen LogP contribution >= 0.6 is 0 Å². The van der Waals surface area contributed by atoms with Crippen molar-refractivity contribution in [2.45, 2.75) is 12.5 Å². The highest BCUT2D eigenvalue weighted by Gasteiger charge is 2.29. The lowest BCUT2D eigenvalue weighted by molar-refractivity contribution is -0.145. The van der Waals surface area contributed by atoms with Crippen LogP contribution in [0.15, 0.2) is 0 Å². The Morgan fingerprint density at radius 2 is 2.50 bits per heavy atom. The number of carbonyl (C=O) groups excluding carboxylic acids is 1. The minimum absolute atomic E-state index is 0.128. The molecule has 0 amide bonds. The monoisotopic (exact) mass is 146 g/mol. The first-order valence-electron chi connectivity index (χ1n) is 2.70. The number of aliphatic carboxylic acids is 1. The van der Waals surface area contributed by atoms with Crippen molar-refractivity contribution in [3.05, 3.63) is 0 Å². The number of rotatable bonds is 2. The van der Waals surface area contributed by atoms with Crippen LogP contribution in [0, 0.1) is 0 Å². The predicted octanol–water partition coefficient (Wildman–Crippen LogP) is -0.639. The van der Waals surface area contributed by atoms with Gasteiger partial charge in [0.1, 0.15) is 0 Å². The molecule has 1 rings (SSSR count). The summed E-state index contributed by atoms with van der Waals surface area (Å²) < 4.78 is 8.97. The van der Waals surface area contributed by atoms with Crippen LogP contribution in [0.3, 0.4) is 0 Å². The number of carboxylic acid groups (broad SMARTS) is 1. The van der Waals surface area contributed by atoms with Crippen molar-refractivity contribution in [2.24, 2.45) is 0 Å². The Labute approximate surface area is 56.5 Å². The van der Waals surface area contributed by atoms with Crippen molar-refractivity contribution in [1.29, 1.82) is 0 Å². The van der Waals surface area contributed by atoms with Gasteiger partial charge in [-0.05, 0) is 0 Å². The topological polar surface area (TPSA) is 72.8 Å². The quantitative estimate of drug-likeness (QED) is 0.524. The lowest BCUT2D eigenvalue weighted by atomic mass is 10.3. The molecule has 5 heteroatoms. The first-order chi connectivity index (χ1) is 4.70. The smallest absolute Gasteiger partial charge is 0.338 e. The van der Waals surface area contributed by atoms with E-state index in [4.69, 9.17) is 5.11 Å². The van der Waals surface area contributed by atoms with Crippen LogP contribution in [0.5, 0.6) is 0 Å². The molecule has 1 fully saturated rings. The summed E-state index contributed by atoms with van der Waals surface area (Å²) in [5.41, 5.74) is 0. The van der Waals surface area contributed by atoms with Gasteiger partial charge in [0.15, 0.2) is 12.9 Å². The highest BCUT2D eigenvalue weighted by atomic mass is 16.7. The minimum atomic E-state index is -1.07. The van der Waals surface area contributed by atoms with Crippen LogP contribution in [-0.2, 0) is 19.1 Å². The summed E-state index contributed by atoms with van der Waals surface area (Å²) >= 11 is 0. The number of hydrogen-bond donors (Lipinski definition) is 1. The van der Waals surface area contributed by atoms with Gasteiger partial charge in [-0.2, -0.15) is 0 Å². The van der Waals surface area contributed by atoms with Gasteiger partial charge in [-0.1, -0.05) is 0 Å². The molecule has 0 aliphatic carbocycles. The van der Waals surface area contributed by atoms with E-state index < -0.39 is 18.0 Å². The third kappa shape index (κ3) is 1.44.